The van der Waals surface area contributed by atoms with Crippen molar-refractivity contribution in [3.8, 4) is 11.1 Å². The standard InChI is InChI=1S/C31H35N3O4/c1-20(2)17-27(29(35)32-3)33-30(36)28(18-21-11-5-4-6-12-21)34-31(37)38-19-26-24-15-9-7-13-22(24)23-14-8-10-16-25(23)26/h4-16,20,26-28H,17-19H2,1-3H3,(H,32,35)(H,33,36)(H,34,37)/t27-,28-/m0/s1. The molecule has 0 spiro atoms. The van der Waals surface area contributed by atoms with E-state index in [9.17, 15) is 14.4 Å². The van der Waals surface area contributed by atoms with E-state index >= 15 is 0 Å². The van der Waals surface area contributed by atoms with Crippen molar-refractivity contribution in [3.63, 3.8) is 0 Å². The summed E-state index contributed by atoms with van der Waals surface area (Å²) in [5, 5.41) is 8.18. The van der Waals surface area contributed by atoms with Crippen LogP contribution in [-0.2, 0) is 20.7 Å². The molecule has 38 heavy (non-hydrogen) atoms. The molecule has 0 bridgehead atoms. The maximum atomic E-state index is 13.3. The fraction of sp³-hybridized carbons (Fsp3) is 0.323. The van der Waals surface area contributed by atoms with Crippen LogP contribution in [0.15, 0.2) is 78.9 Å². The fourth-order valence-electron chi connectivity index (χ4n) is 4.99. The average molecular weight is 514 g/mol. The quantitative estimate of drug-likeness (QED) is 0.374. The highest BCUT2D eigenvalue weighted by molar-refractivity contribution is 5.91. The Morgan fingerprint density at radius 1 is 0.763 bits per heavy atom. The summed E-state index contributed by atoms with van der Waals surface area (Å²) in [6, 6.07) is 24.1. The highest BCUT2D eigenvalue weighted by atomic mass is 16.5. The number of carbonyl (C=O) groups excluding carboxylic acids is 3. The first kappa shape index (κ1) is 26.9. The van der Waals surface area contributed by atoms with E-state index in [0.29, 0.717) is 6.42 Å². The first-order chi connectivity index (χ1) is 18.4. The lowest BCUT2D eigenvalue weighted by Gasteiger charge is -2.24. The van der Waals surface area contributed by atoms with E-state index in [-0.39, 0.29) is 30.8 Å². The van der Waals surface area contributed by atoms with Crippen molar-refractivity contribution in [1.29, 1.82) is 0 Å². The molecule has 4 rings (SSSR count). The van der Waals surface area contributed by atoms with E-state index in [0.717, 1.165) is 27.8 Å². The van der Waals surface area contributed by atoms with E-state index in [1.807, 2.05) is 68.4 Å². The topological polar surface area (TPSA) is 96.5 Å². The lowest BCUT2D eigenvalue weighted by molar-refractivity contribution is -0.130. The van der Waals surface area contributed by atoms with Crippen LogP contribution in [0.3, 0.4) is 0 Å². The van der Waals surface area contributed by atoms with Crippen molar-refractivity contribution < 1.29 is 19.1 Å². The average Bonchev–Trinajstić information content (AvgIpc) is 3.24. The first-order valence-electron chi connectivity index (χ1n) is 13.0. The number of rotatable bonds is 10. The van der Waals surface area contributed by atoms with Gasteiger partial charge in [-0.15, -0.1) is 0 Å². The molecule has 1 aliphatic rings. The van der Waals surface area contributed by atoms with Crippen LogP contribution in [0.5, 0.6) is 0 Å². The second-order valence-electron chi connectivity index (χ2n) is 10.0. The molecule has 2 atom stereocenters. The molecule has 7 heteroatoms. The Labute approximate surface area is 224 Å². The molecular weight excluding hydrogens is 478 g/mol. The summed E-state index contributed by atoms with van der Waals surface area (Å²) >= 11 is 0. The summed E-state index contributed by atoms with van der Waals surface area (Å²) in [5.74, 6) is -0.596. The normalized spacial score (nSPS) is 13.7. The lowest BCUT2D eigenvalue weighted by atomic mass is 9.98. The number of hydrogen-bond donors (Lipinski definition) is 3. The zero-order chi connectivity index (χ0) is 27.1. The minimum absolute atomic E-state index is 0.0850. The number of likely N-dealkylation sites (N-methyl/N-ethyl adjacent to an activating group) is 1. The molecule has 198 valence electrons. The van der Waals surface area contributed by atoms with Gasteiger partial charge in [-0.25, -0.2) is 4.79 Å². The molecule has 0 saturated carbocycles. The predicted molar refractivity (Wildman–Crippen MR) is 148 cm³/mol. The highest BCUT2D eigenvalue weighted by Crippen LogP contribution is 2.44. The molecule has 0 radical (unpaired) electrons. The number of alkyl carbamates (subject to hydrolysis) is 1. The van der Waals surface area contributed by atoms with Gasteiger partial charge < -0.3 is 20.7 Å². The van der Waals surface area contributed by atoms with Gasteiger partial charge in [-0.05, 0) is 40.2 Å². The van der Waals surface area contributed by atoms with Crippen molar-refractivity contribution in [2.24, 2.45) is 5.92 Å². The summed E-state index contributed by atoms with van der Waals surface area (Å²) in [6.45, 7) is 4.12. The Morgan fingerprint density at radius 3 is 1.92 bits per heavy atom. The van der Waals surface area contributed by atoms with Gasteiger partial charge in [0.15, 0.2) is 0 Å². The zero-order valence-electron chi connectivity index (χ0n) is 22.1. The summed E-state index contributed by atoms with van der Waals surface area (Å²) < 4.78 is 5.69. The smallest absolute Gasteiger partial charge is 0.407 e. The van der Waals surface area contributed by atoms with Gasteiger partial charge in [0.2, 0.25) is 11.8 Å². The third-order valence-electron chi connectivity index (χ3n) is 6.82. The van der Waals surface area contributed by atoms with Gasteiger partial charge in [0.25, 0.3) is 0 Å². The van der Waals surface area contributed by atoms with E-state index in [1.165, 1.54) is 7.05 Å². The largest absolute Gasteiger partial charge is 0.449 e. The molecule has 0 aromatic heterocycles. The Hall–Kier alpha value is -4.13. The van der Waals surface area contributed by atoms with E-state index in [1.54, 1.807) is 0 Å². The third kappa shape index (κ3) is 6.40. The maximum Gasteiger partial charge on any atom is 0.407 e. The van der Waals surface area contributed by atoms with Gasteiger partial charge in [-0.1, -0.05) is 92.7 Å². The number of fused-ring (bicyclic) bond motifs is 3. The minimum atomic E-state index is -0.910. The number of benzene rings is 3. The third-order valence-corrected chi connectivity index (χ3v) is 6.82. The molecule has 7 nitrogen and oxygen atoms in total. The Bertz CT molecular complexity index is 1230. The van der Waals surface area contributed by atoms with Crippen LogP contribution in [0, 0.1) is 5.92 Å². The van der Waals surface area contributed by atoms with Crippen molar-refractivity contribution in [2.45, 2.75) is 44.7 Å². The van der Waals surface area contributed by atoms with Crippen LogP contribution in [0.2, 0.25) is 0 Å². The molecule has 1 aliphatic carbocycles. The maximum absolute atomic E-state index is 13.3. The van der Waals surface area contributed by atoms with Crippen LogP contribution in [0.4, 0.5) is 4.79 Å². The van der Waals surface area contributed by atoms with Crippen LogP contribution >= 0.6 is 0 Å². The number of ether oxygens (including phenoxy) is 1. The molecule has 3 aromatic carbocycles. The minimum Gasteiger partial charge on any atom is -0.449 e. The van der Waals surface area contributed by atoms with Gasteiger partial charge in [0.1, 0.15) is 18.7 Å². The molecular formula is C31H35N3O4. The van der Waals surface area contributed by atoms with Gasteiger partial charge in [-0.3, -0.25) is 9.59 Å². The number of nitrogens with one attached hydrogen (secondary N) is 3. The molecule has 0 fully saturated rings. The van der Waals surface area contributed by atoms with Crippen LogP contribution in [0.25, 0.3) is 11.1 Å². The summed E-state index contributed by atoms with van der Waals surface area (Å²) in [6.07, 6.45) is 0.0660. The van der Waals surface area contributed by atoms with Crippen LogP contribution < -0.4 is 16.0 Å². The Morgan fingerprint density at radius 2 is 1.34 bits per heavy atom. The monoisotopic (exact) mass is 513 g/mol. The van der Waals surface area contributed by atoms with Gasteiger partial charge in [0.05, 0.1) is 0 Å². The van der Waals surface area contributed by atoms with E-state index in [4.69, 9.17) is 4.74 Å². The zero-order valence-corrected chi connectivity index (χ0v) is 22.1. The second kappa shape index (κ2) is 12.4. The second-order valence-corrected chi connectivity index (χ2v) is 10.0. The highest BCUT2D eigenvalue weighted by Gasteiger charge is 2.31. The lowest BCUT2D eigenvalue weighted by Crippen LogP contribution is -2.54. The predicted octanol–water partition coefficient (Wildman–Crippen LogP) is 4.41. The van der Waals surface area contributed by atoms with Gasteiger partial charge >= 0.3 is 6.09 Å². The SMILES string of the molecule is CNC(=O)[C@H](CC(C)C)NC(=O)[C@H](Cc1ccccc1)NC(=O)OCC1c2ccccc2-c2ccccc21. The van der Waals surface area contributed by atoms with Crippen molar-refractivity contribution in [3.05, 3.63) is 95.6 Å². The molecule has 0 saturated heterocycles. The Balaban J connectivity index is 1.47. The number of amides is 3. The van der Waals surface area contributed by atoms with E-state index < -0.39 is 24.1 Å². The van der Waals surface area contributed by atoms with Gasteiger partial charge in [-0.2, -0.15) is 0 Å². The first-order valence-corrected chi connectivity index (χ1v) is 13.0. The van der Waals surface area contributed by atoms with E-state index in [2.05, 4.69) is 40.2 Å². The summed E-state index contributed by atoms with van der Waals surface area (Å²) in [7, 11) is 1.54. The summed E-state index contributed by atoms with van der Waals surface area (Å²) in [4.78, 5) is 38.7. The molecule has 3 amide bonds. The number of hydrogen-bond acceptors (Lipinski definition) is 4. The van der Waals surface area contributed by atoms with Crippen molar-refractivity contribution in [1.82, 2.24) is 16.0 Å². The molecule has 0 heterocycles. The molecule has 3 aromatic rings. The Kier molecular flexibility index (Phi) is 8.79. The fourth-order valence-corrected chi connectivity index (χ4v) is 4.99. The van der Waals surface area contributed by atoms with Crippen LogP contribution in [0.1, 0.15) is 42.9 Å². The summed E-state index contributed by atoms with van der Waals surface area (Å²) in [5.41, 5.74) is 5.39. The number of carbonyl (C=O) groups is 3. The molecule has 0 unspecified atom stereocenters. The molecule has 0 aliphatic heterocycles. The molecule has 3 N–H and O–H groups in total. The van der Waals surface area contributed by atoms with Crippen molar-refractivity contribution >= 4 is 17.9 Å². The van der Waals surface area contributed by atoms with Crippen LogP contribution in [-0.4, -0.2) is 43.6 Å². The van der Waals surface area contributed by atoms with Crippen molar-refractivity contribution in [2.75, 3.05) is 13.7 Å². The van der Waals surface area contributed by atoms with Gasteiger partial charge in [0, 0.05) is 19.4 Å².